The maximum Gasteiger partial charge on any atom is 0.433 e. The number of amides is 1. The molecule has 1 aliphatic rings. The average molecular weight is 406 g/mol. The van der Waals surface area contributed by atoms with Crippen LogP contribution in [-0.4, -0.2) is 38.5 Å². The van der Waals surface area contributed by atoms with E-state index in [1.54, 1.807) is 23.1 Å². The van der Waals surface area contributed by atoms with Crippen LogP contribution in [0.5, 0.6) is 0 Å². The molecule has 9 heteroatoms. The lowest BCUT2D eigenvalue weighted by Gasteiger charge is -2.16. The molecule has 0 radical (unpaired) electrons. The fourth-order valence-corrected chi connectivity index (χ4v) is 3.64. The average Bonchev–Trinajstić information content (AvgIpc) is 3.28. The zero-order chi connectivity index (χ0) is 20.8. The number of aryl methyl sites for hydroxylation is 1. The second kappa shape index (κ2) is 7.13. The molecule has 0 spiro atoms. The third kappa shape index (κ3) is 3.94. The van der Waals surface area contributed by atoms with E-state index in [2.05, 4.69) is 10.1 Å². The van der Waals surface area contributed by atoms with E-state index in [1.807, 2.05) is 0 Å². The molecule has 0 N–H and O–H groups in total. The number of likely N-dealkylation sites (tertiary alicyclic amines) is 1. The topological polar surface area (TPSA) is 50.5 Å². The van der Waals surface area contributed by atoms with E-state index in [9.17, 15) is 22.4 Å². The van der Waals surface area contributed by atoms with Gasteiger partial charge < -0.3 is 4.90 Å². The van der Waals surface area contributed by atoms with Crippen LogP contribution < -0.4 is 0 Å². The molecule has 1 aliphatic heterocycles. The number of carbonyl (C=O) groups excluding carboxylic acids is 1. The minimum absolute atomic E-state index is 0.104. The number of rotatable bonds is 3. The molecule has 1 fully saturated rings. The van der Waals surface area contributed by atoms with Crippen LogP contribution >= 0.6 is 0 Å². The van der Waals surface area contributed by atoms with Gasteiger partial charge in [-0.2, -0.15) is 18.3 Å². The molecule has 3 aromatic rings. The molecule has 1 saturated heterocycles. The van der Waals surface area contributed by atoms with Crippen molar-refractivity contribution in [3.63, 3.8) is 0 Å². The lowest BCUT2D eigenvalue weighted by atomic mass is 10.1. The number of hydrogen-bond donors (Lipinski definition) is 0. The predicted molar refractivity (Wildman–Crippen MR) is 96.8 cm³/mol. The van der Waals surface area contributed by atoms with Crippen molar-refractivity contribution in [3.8, 4) is 0 Å². The molecule has 152 valence electrons. The largest absolute Gasteiger partial charge is 0.433 e. The smallest absolute Gasteiger partial charge is 0.342 e. The first-order valence-corrected chi connectivity index (χ1v) is 9.17. The third-order valence-corrected chi connectivity index (χ3v) is 5.09. The maximum atomic E-state index is 13.3. The molecule has 0 aliphatic carbocycles. The van der Waals surface area contributed by atoms with Gasteiger partial charge in [0.15, 0.2) is 5.65 Å². The van der Waals surface area contributed by atoms with Crippen LogP contribution in [0.4, 0.5) is 17.6 Å². The van der Waals surface area contributed by atoms with E-state index in [4.69, 9.17) is 0 Å². The van der Waals surface area contributed by atoms with Gasteiger partial charge in [0, 0.05) is 30.8 Å². The quantitative estimate of drug-likeness (QED) is 0.623. The summed E-state index contributed by atoms with van der Waals surface area (Å²) < 4.78 is 53.8. The summed E-state index contributed by atoms with van der Waals surface area (Å²) in [5.41, 5.74) is 0.739. The zero-order valence-corrected chi connectivity index (χ0v) is 15.6. The normalized spacial score (nSPS) is 17.3. The van der Waals surface area contributed by atoms with Gasteiger partial charge in [-0.05, 0) is 37.1 Å². The summed E-state index contributed by atoms with van der Waals surface area (Å²) in [5.74, 6) is -0.626. The number of alkyl halides is 3. The van der Waals surface area contributed by atoms with Gasteiger partial charge in [0.2, 0.25) is 5.91 Å². The van der Waals surface area contributed by atoms with Gasteiger partial charge in [0.05, 0.1) is 12.1 Å². The first-order chi connectivity index (χ1) is 13.7. The third-order valence-electron chi connectivity index (χ3n) is 5.09. The summed E-state index contributed by atoms with van der Waals surface area (Å²) >= 11 is 0. The lowest BCUT2D eigenvalue weighted by Crippen LogP contribution is -2.29. The fraction of sp³-hybridized carbons (Fsp3) is 0.350. The summed E-state index contributed by atoms with van der Waals surface area (Å²) in [6.45, 7) is 2.38. The van der Waals surface area contributed by atoms with Crippen molar-refractivity contribution in [3.05, 3.63) is 64.9 Å². The first kappa shape index (κ1) is 19.4. The fourth-order valence-electron chi connectivity index (χ4n) is 3.64. The Labute approximate surface area is 164 Å². The molecule has 1 amide bonds. The van der Waals surface area contributed by atoms with Crippen LogP contribution in [0.3, 0.4) is 0 Å². The van der Waals surface area contributed by atoms with Crippen molar-refractivity contribution in [2.24, 2.45) is 0 Å². The molecule has 5 nitrogen and oxygen atoms in total. The molecule has 1 aromatic carbocycles. The summed E-state index contributed by atoms with van der Waals surface area (Å²) in [6.07, 6.45) is -3.78. The monoisotopic (exact) mass is 406 g/mol. The molecule has 1 atom stereocenters. The summed E-state index contributed by atoms with van der Waals surface area (Å²) in [4.78, 5) is 18.3. The number of fused-ring (bicyclic) bond motifs is 1. The molecule has 0 bridgehead atoms. The SMILES string of the molecule is Cc1cc(C(F)(F)F)n2nc([C@@H]3CCN(C(=O)Cc4ccc(F)cc4)C3)cc2n1. The second-order valence-electron chi connectivity index (χ2n) is 7.25. The highest BCUT2D eigenvalue weighted by molar-refractivity contribution is 5.79. The molecule has 2 aromatic heterocycles. The highest BCUT2D eigenvalue weighted by atomic mass is 19.4. The summed E-state index contributed by atoms with van der Waals surface area (Å²) in [6, 6.07) is 8.27. The first-order valence-electron chi connectivity index (χ1n) is 9.17. The molecule has 3 heterocycles. The highest BCUT2D eigenvalue weighted by Gasteiger charge is 2.36. The van der Waals surface area contributed by atoms with Crippen LogP contribution in [0, 0.1) is 12.7 Å². The molecule has 0 saturated carbocycles. The second-order valence-corrected chi connectivity index (χ2v) is 7.25. The van der Waals surface area contributed by atoms with E-state index in [0.717, 1.165) is 10.6 Å². The van der Waals surface area contributed by atoms with Crippen LogP contribution in [0.1, 0.15) is 35.0 Å². The predicted octanol–water partition coefficient (Wildman–Crippen LogP) is 3.75. The number of hydrogen-bond acceptors (Lipinski definition) is 3. The minimum atomic E-state index is -4.54. The van der Waals surface area contributed by atoms with Gasteiger partial charge in [-0.15, -0.1) is 0 Å². The number of carbonyl (C=O) groups is 1. The summed E-state index contributed by atoms with van der Waals surface area (Å²) in [7, 11) is 0. The Kier molecular flexibility index (Phi) is 4.76. The van der Waals surface area contributed by atoms with Crippen molar-refractivity contribution < 1.29 is 22.4 Å². The van der Waals surface area contributed by atoms with Crippen molar-refractivity contribution in [2.75, 3.05) is 13.1 Å². The molecular formula is C20H18F4N4O. The number of halogens is 4. The highest BCUT2D eigenvalue weighted by Crippen LogP contribution is 2.32. The van der Waals surface area contributed by atoms with E-state index in [1.165, 1.54) is 19.1 Å². The molecular weight excluding hydrogens is 388 g/mol. The van der Waals surface area contributed by atoms with Crippen molar-refractivity contribution in [2.45, 2.75) is 31.9 Å². The number of nitrogens with zero attached hydrogens (tertiary/aromatic N) is 4. The Hall–Kier alpha value is -2.97. The van der Waals surface area contributed by atoms with Gasteiger partial charge in [-0.25, -0.2) is 13.9 Å². The van der Waals surface area contributed by atoms with Gasteiger partial charge in [-0.1, -0.05) is 12.1 Å². The van der Waals surface area contributed by atoms with Gasteiger partial charge in [-0.3, -0.25) is 4.79 Å². The van der Waals surface area contributed by atoms with Crippen LogP contribution in [-0.2, 0) is 17.4 Å². The van der Waals surface area contributed by atoms with Gasteiger partial charge in [0.25, 0.3) is 0 Å². The molecule has 0 unspecified atom stereocenters. The molecule has 4 rings (SSSR count). The summed E-state index contributed by atoms with van der Waals surface area (Å²) in [5, 5.41) is 4.14. The zero-order valence-electron chi connectivity index (χ0n) is 15.6. The Bertz CT molecular complexity index is 1060. The van der Waals surface area contributed by atoms with Crippen LogP contribution in [0.2, 0.25) is 0 Å². The van der Waals surface area contributed by atoms with Crippen molar-refractivity contribution in [1.82, 2.24) is 19.5 Å². The minimum Gasteiger partial charge on any atom is -0.342 e. The standard InChI is InChI=1S/C20H18F4N4O/c1-12-8-17(20(22,23)24)28-18(25-12)10-16(26-28)14-6-7-27(11-14)19(29)9-13-2-4-15(21)5-3-13/h2-5,8,10,14H,6-7,9,11H2,1H3/t14-/m1/s1. The van der Waals surface area contributed by atoms with Crippen molar-refractivity contribution >= 4 is 11.6 Å². The van der Waals surface area contributed by atoms with Crippen LogP contribution in [0.25, 0.3) is 5.65 Å². The van der Waals surface area contributed by atoms with E-state index >= 15 is 0 Å². The van der Waals surface area contributed by atoms with Gasteiger partial charge in [0.1, 0.15) is 11.5 Å². The Balaban J connectivity index is 1.52. The van der Waals surface area contributed by atoms with Gasteiger partial charge >= 0.3 is 6.18 Å². The molecule has 29 heavy (non-hydrogen) atoms. The lowest BCUT2D eigenvalue weighted by molar-refractivity contribution is -0.142. The van der Waals surface area contributed by atoms with E-state index in [0.29, 0.717) is 30.8 Å². The maximum absolute atomic E-state index is 13.3. The number of aromatic nitrogens is 3. The van der Waals surface area contributed by atoms with Crippen LogP contribution in [0.15, 0.2) is 36.4 Å². The van der Waals surface area contributed by atoms with Crippen molar-refractivity contribution in [1.29, 1.82) is 0 Å². The van der Waals surface area contributed by atoms with E-state index in [-0.39, 0.29) is 35.4 Å². The van der Waals surface area contributed by atoms with E-state index < -0.39 is 11.9 Å². The Morgan fingerprint density at radius 2 is 1.93 bits per heavy atom. The Morgan fingerprint density at radius 3 is 2.62 bits per heavy atom. The Morgan fingerprint density at radius 1 is 1.21 bits per heavy atom. The number of benzene rings is 1.